The Kier molecular flexibility index (Phi) is 14.7. The van der Waals surface area contributed by atoms with Crippen LogP contribution in [0.1, 0.15) is 23.6 Å². The Balaban J connectivity index is 0.00000363. The molecule has 3 aromatic carbocycles. The number of carbonyl (C=O) groups is 2. The first-order chi connectivity index (χ1) is 14.8. The van der Waals surface area contributed by atoms with E-state index in [0.717, 1.165) is 16.7 Å². The maximum atomic E-state index is 10.7. The van der Waals surface area contributed by atoms with Crippen molar-refractivity contribution in [3.63, 3.8) is 0 Å². The van der Waals surface area contributed by atoms with Crippen LogP contribution in [0, 0.1) is 0 Å². The topological polar surface area (TPSA) is 113 Å². The number of rotatable bonds is 9. The second kappa shape index (κ2) is 15.2. The summed E-state index contributed by atoms with van der Waals surface area (Å²) >= 11 is 0. The van der Waals surface area contributed by atoms with Crippen LogP contribution >= 0.6 is 0 Å². The van der Waals surface area contributed by atoms with E-state index in [0.29, 0.717) is 11.5 Å². The molecule has 10 heteroatoms. The van der Waals surface area contributed by atoms with Crippen LogP contribution in [0.15, 0.2) is 72.8 Å². The molecule has 3 aromatic rings. The minimum atomic E-state index is -1.05. The molecule has 0 bridgehead atoms. The molecule has 0 amide bonds. The predicted octanol–water partition coefficient (Wildman–Crippen LogP) is 1.73. The third kappa shape index (κ3) is 8.59. The molecule has 0 atom stereocenters. The van der Waals surface area contributed by atoms with Crippen LogP contribution in [0.2, 0.25) is 0 Å². The van der Waals surface area contributed by atoms with Crippen molar-refractivity contribution in [2.45, 2.75) is 12.3 Å². The van der Waals surface area contributed by atoms with Crippen LogP contribution in [0.5, 0.6) is 17.2 Å². The van der Waals surface area contributed by atoms with Crippen LogP contribution in [0.3, 0.4) is 0 Å². The zero-order valence-corrected chi connectivity index (χ0v) is 16.8. The van der Waals surface area contributed by atoms with Gasteiger partial charge in [0.15, 0.2) is 13.2 Å². The van der Waals surface area contributed by atoms with Crippen LogP contribution < -0.4 is 9.47 Å². The van der Waals surface area contributed by atoms with E-state index in [4.69, 9.17) is 19.7 Å². The van der Waals surface area contributed by atoms with E-state index in [1.807, 2.05) is 43.3 Å². The van der Waals surface area contributed by atoms with Gasteiger partial charge in [-0.25, -0.2) is 9.59 Å². The monoisotopic (exact) mass is 494 g/mol. The number of aromatic hydroxyl groups is 1. The molecule has 0 spiro atoms. The second-order valence-corrected chi connectivity index (χ2v) is 7.09. The van der Waals surface area contributed by atoms with Gasteiger partial charge in [0.25, 0.3) is 0 Å². The summed E-state index contributed by atoms with van der Waals surface area (Å²) in [5.74, 6) is -1.07. The maximum absolute atomic E-state index is 10.7. The number of phenolic OH excluding ortho intramolecular Hbond substituents is 1. The molecule has 0 heterocycles. The molecule has 0 aliphatic carbocycles. The zero-order chi connectivity index (χ0) is 22.4. The Hall–Kier alpha value is -1.000. The van der Waals surface area contributed by atoms with E-state index in [1.165, 1.54) is 0 Å². The fraction of sp³-hybridized carbons (Fsp3) is 0.167. The number of phenols is 1. The number of ether oxygens (including phenoxy) is 2. The molecular weight excluding hydrogens is 469 g/mol. The van der Waals surface area contributed by atoms with Crippen molar-refractivity contribution in [3.05, 3.63) is 89.5 Å². The Morgan fingerprint density at radius 1 is 0.647 bits per heavy atom. The van der Waals surface area contributed by atoms with Crippen LogP contribution in [-0.2, 0) is 15.0 Å². The van der Waals surface area contributed by atoms with Gasteiger partial charge in [-0.05, 0) is 60.0 Å². The molecule has 3 rings (SSSR count). The third-order valence-electron chi connectivity index (χ3n) is 5.03. The predicted molar refractivity (Wildman–Crippen MR) is 134 cm³/mol. The van der Waals surface area contributed by atoms with E-state index >= 15 is 0 Å². The zero-order valence-electron chi connectivity index (χ0n) is 16.8. The molecular formula is C24H25Na3O7. The van der Waals surface area contributed by atoms with Crippen molar-refractivity contribution in [2.24, 2.45) is 0 Å². The number of carboxylic acid groups (broad SMARTS) is 2. The average molecular weight is 494 g/mol. The van der Waals surface area contributed by atoms with Gasteiger partial charge in [0.05, 0.1) is 0 Å². The average Bonchev–Trinajstić information content (AvgIpc) is 2.77. The SMILES string of the molecule is CC(c1ccc(O)cc1)(c1ccc(OCC(=O)O)cc1)c1ccc(OCC(=O)O)cc1.[NaH].[NaH].[NaH]. The Labute approximate surface area is 264 Å². The molecule has 0 aliphatic rings. The van der Waals surface area contributed by atoms with Crippen molar-refractivity contribution >= 4 is 101 Å². The van der Waals surface area contributed by atoms with E-state index in [-0.39, 0.29) is 94.4 Å². The summed E-state index contributed by atoms with van der Waals surface area (Å²) in [7, 11) is 0. The van der Waals surface area contributed by atoms with Gasteiger partial charge in [-0.1, -0.05) is 36.4 Å². The molecule has 0 fully saturated rings. The van der Waals surface area contributed by atoms with E-state index in [1.54, 1.807) is 36.4 Å². The number of benzene rings is 3. The van der Waals surface area contributed by atoms with Crippen molar-refractivity contribution in [2.75, 3.05) is 13.2 Å². The van der Waals surface area contributed by atoms with Gasteiger partial charge in [-0.2, -0.15) is 0 Å². The first-order valence-corrected chi connectivity index (χ1v) is 9.49. The van der Waals surface area contributed by atoms with Gasteiger partial charge in [0, 0.05) is 5.41 Å². The van der Waals surface area contributed by atoms with Gasteiger partial charge in [-0.15, -0.1) is 0 Å². The number of aliphatic carboxylic acids is 2. The summed E-state index contributed by atoms with van der Waals surface area (Å²) < 4.78 is 10.5. The van der Waals surface area contributed by atoms with Crippen LogP contribution in [0.4, 0.5) is 0 Å². The Bertz CT molecular complexity index is 992. The van der Waals surface area contributed by atoms with Gasteiger partial charge < -0.3 is 24.8 Å². The molecule has 0 saturated heterocycles. The number of hydrogen-bond donors (Lipinski definition) is 3. The standard InChI is InChI=1S/C24H22O7.3Na.3H/c1-24(16-2-8-19(25)9-3-16,17-4-10-20(11-5-17)30-14-22(26)27)18-6-12-21(13-7-18)31-15-23(28)29;;;;;;/h2-13,25H,14-15H2,1H3,(H,26,27)(H,28,29);;;;;;. The molecule has 7 nitrogen and oxygen atoms in total. The third-order valence-corrected chi connectivity index (χ3v) is 5.03. The molecule has 166 valence electrons. The van der Waals surface area contributed by atoms with E-state index < -0.39 is 30.6 Å². The molecule has 0 radical (unpaired) electrons. The molecule has 0 unspecified atom stereocenters. The number of carboxylic acids is 2. The first-order valence-electron chi connectivity index (χ1n) is 9.49. The second-order valence-electron chi connectivity index (χ2n) is 7.09. The summed E-state index contributed by atoms with van der Waals surface area (Å²) in [6, 6.07) is 21.2. The summed E-state index contributed by atoms with van der Waals surface area (Å²) in [5, 5.41) is 27.3. The van der Waals surface area contributed by atoms with Crippen molar-refractivity contribution < 1.29 is 34.4 Å². The first kappa shape index (κ1) is 33.0. The van der Waals surface area contributed by atoms with Gasteiger partial charge in [-0.3, -0.25) is 0 Å². The summed E-state index contributed by atoms with van der Waals surface area (Å²) in [6.07, 6.45) is 0. The van der Waals surface area contributed by atoms with Crippen LogP contribution in [-0.4, -0.2) is 129 Å². The van der Waals surface area contributed by atoms with Gasteiger partial charge in [0.1, 0.15) is 17.2 Å². The quantitative estimate of drug-likeness (QED) is 0.307. The summed E-state index contributed by atoms with van der Waals surface area (Å²) in [6.45, 7) is 1.18. The molecule has 0 saturated carbocycles. The normalized spacial score (nSPS) is 10.0. The van der Waals surface area contributed by atoms with Crippen LogP contribution in [0.25, 0.3) is 0 Å². The molecule has 0 aliphatic heterocycles. The molecule has 0 aromatic heterocycles. The van der Waals surface area contributed by atoms with Crippen molar-refractivity contribution in [3.8, 4) is 17.2 Å². The van der Waals surface area contributed by atoms with E-state index in [2.05, 4.69) is 0 Å². The van der Waals surface area contributed by atoms with Gasteiger partial charge in [0.2, 0.25) is 0 Å². The van der Waals surface area contributed by atoms with Gasteiger partial charge >= 0.3 is 101 Å². The fourth-order valence-corrected chi connectivity index (χ4v) is 3.35. The molecule has 3 N–H and O–H groups in total. The Morgan fingerprint density at radius 2 is 0.941 bits per heavy atom. The number of hydrogen-bond acceptors (Lipinski definition) is 5. The van der Waals surface area contributed by atoms with E-state index in [9.17, 15) is 14.7 Å². The Morgan fingerprint density at radius 3 is 1.24 bits per heavy atom. The summed E-state index contributed by atoms with van der Waals surface area (Å²) in [5.41, 5.74) is 2.13. The molecule has 34 heavy (non-hydrogen) atoms. The fourth-order valence-electron chi connectivity index (χ4n) is 3.35. The summed E-state index contributed by atoms with van der Waals surface area (Å²) in [4.78, 5) is 21.4. The van der Waals surface area contributed by atoms with Crippen molar-refractivity contribution in [1.82, 2.24) is 0 Å². The minimum absolute atomic E-state index is 0. The van der Waals surface area contributed by atoms with Crippen molar-refractivity contribution in [1.29, 1.82) is 0 Å².